The van der Waals surface area contributed by atoms with Crippen LogP contribution in [0.15, 0.2) is 0 Å². The summed E-state index contributed by atoms with van der Waals surface area (Å²) in [4.78, 5) is 14.3. The molecule has 2 fully saturated rings. The highest BCUT2D eigenvalue weighted by Crippen LogP contribution is 2.27. The zero-order chi connectivity index (χ0) is 17.6. The predicted molar refractivity (Wildman–Crippen MR) is 96.2 cm³/mol. The fourth-order valence-corrected chi connectivity index (χ4v) is 3.82. The number of nitrogens with one attached hydrogen (secondary N) is 1. The smallest absolute Gasteiger partial charge is 0.407 e. The summed E-state index contributed by atoms with van der Waals surface area (Å²) in [5.74, 6) is 1.52. The van der Waals surface area contributed by atoms with Crippen LogP contribution in [0.2, 0.25) is 0 Å². The van der Waals surface area contributed by atoms with E-state index in [1.165, 1.54) is 32.2 Å². The summed E-state index contributed by atoms with van der Waals surface area (Å²) in [5.41, 5.74) is -0.424. The summed E-state index contributed by atoms with van der Waals surface area (Å²) in [6.07, 6.45) is 6.78. The lowest BCUT2D eigenvalue weighted by atomic mass is 9.96. The molecule has 0 aromatic carbocycles. The highest BCUT2D eigenvalue weighted by atomic mass is 16.6. The molecule has 0 bridgehead atoms. The first-order valence-electron chi connectivity index (χ1n) is 9.57. The third kappa shape index (κ3) is 7.39. The number of amides is 1. The molecule has 0 aromatic rings. The van der Waals surface area contributed by atoms with Crippen LogP contribution in [0.1, 0.15) is 59.3 Å². The molecule has 1 N–H and O–H groups in total. The lowest BCUT2D eigenvalue weighted by Crippen LogP contribution is -2.38. The van der Waals surface area contributed by atoms with Crippen LogP contribution in [-0.4, -0.2) is 56.0 Å². The van der Waals surface area contributed by atoms with Crippen LogP contribution >= 0.6 is 0 Å². The Balaban J connectivity index is 1.61. The quantitative estimate of drug-likeness (QED) is 0.805. The zero-order valence-electron chi connectivity index (χ0n) is 16.0. The third-order valence-electron chi connectivity index (χ3n) is 5.09. The van der Waals surface area contributed by atoms with Gasteiger partial charge in [-0.3, -0.25) is 0 Å². The zero-order valence-corrected chi connectivity index (χ0v) is 16.0. The number of carbonyl (C=O) groups excluding carboxylic acids is 1. The van der Waals surface area contributed by atoms with Crippen LogP contribution in [0.5, 0.6) is 0 Å². The summed E-state index contributed by atoms with van der Waals surface area (Å²) < 4.78 is 10.8. The van der Waals surface area contributed by atoms with Crippen molar-refractivity contribution in [3.8, 4) is 0 Å². The molecule has 1 saturated carbocycles. The van der Waals surface area contributed by atoms with Crippen molar-refractivity contribution in [1.29, 1.82) is 0 Å². The number of rotatable bonds is 6. The van der Waals surface area contributed by atoms with Gasteiger partial charge in [0.05, 0.1) is 0 Å². The molecule has 2 atom stereocenters. The van der Waals surface area contributed by atoms with Crippen LogP contribution in [0.4, 0.5) is 4.79 Å². The summed E-state index contributed by atoms with van der Waals surface area (Å²) >= 11 is 0. The van der Waals surface area contributed by atoms with Gasteiger partial charge in [-0.05, 0) is 84.7 Å². The van der Waals surface area contributed by atoms with Gasteiger partial charge < -0.3 is 19.7 Å². The van der Waals surface area contributed by atoms with Gasteiger partial charge in [0, 0.05) is 25.8 Å². The highest BCUT2D eigenvalue weighted by molar-refractivity contribution is 5.68. The van der Waals surface area contributed by atoms with Gasteiger partial charge in [-0.15, -0.1) is 0 Å². The molecule has 0 radical (unpaired) electrons. The van der Waals surface area contributed by atoms with Gasteiger partial charge >= 0.3 is 6.09 Å². The Labute approximate surface area is 147 Å². The fraction of sp³-hybridized carbons (Fsp3) is 0.947. The van der Waals surface area contributed by atoms with E-state index in [1.54, 1.807) is 0 Å². The van der Waals surface area contributed by atoms with Gasteiger partial charge in [0.15, 0.2) is 0 Å². The van der Waals surface area contributed by atoms with Crippen LogP contribution in [0.25, 0.3) is 0 Å². The lowest BCUT2D eigenvalue weighted by Gasteiger charge is -2.26. The average Bonchev–Trinajstić information content (AvgIpc) is 2.91. The summed E-state index contributed by atoms with van der Waals surface area (Å²) in [6.45, 7) is 9.89. The maximum Gasteiger partial charge on any atom is 0.407 e. The topological polar surface area (TPSA) is 50.8 Å². The van der Waals surface area contributed by atoms with Gasteiger partial charge in [0.1, 0.15) is 5.60 Å². The van der Waals surface area contributed by atoms with Crippen molar-refractivity contribution in [2.45, 2.75) is 70.9 Å². The largest absolute Gasteiger partial charge is 0.444 e. The van der Waals surface area contributed by atoms with E-state index in [2.05, 4.69) is 17.3 Å². The minimum atomic E-state index is -0.424. The number of nitrogens with zero attached hydrogens (tertiary/aromatic N) is 1. The predicted octanol–water partition coefficient (Wildman–Crippen LogP) is 3.43. The maximum absolute atomic E-state index is 11.9. The van der Waals surface area contributed by atoms with Crippen molar-refractivity contribution in [2.75, 3.05) is 33.4 Å². The van der Waals surface area contributed by atoms with Gasteiger partial charge in [-0.2, -0.15) is 0 Å². The molecular weight excluding hydrogens is 304 g/mol. The van der Waals surface area contributed by atoms with E-state index < -0.39 is 5.60 Å². The molecule has 0 unspecified atom stereocenters. The Kier molecular flexibility index (Phi) is 7.35. The Hall–Kier alpha value is -0.810. The van der Waals surface area contributed by atoms with E-state index in [4.69, 9.17) is 9.47 Å². The van der Waals surface area contributed by atoms with E-state index in [0.717, 1.165) is 38.5 Å². The van der Waals surface area contributed by atoms with E-state index in [1.807, 2.05) is 20.8 Å². The monoisotopic (exact) mass is 340 g/mol. The Morgan fingerprint density at radius 2 is 1.88 bits per heavy atom. The van der Waals surface area contributed by atoms with Crippen molar-refractivity contribution < 1.29 is 14.3 Å². The standard InChI is InChI=1S/C19H36N2O3/c1-19(2,3)24-18(22)20-17-6-5-16(13-17)14-21(4)10-7-15-8-11-23-12-9-15/h15-17H,5-14H2,1-4H3,(H,20,22)/t16-,17+/m1/s1. The number of carbonyl (C=O) groups is 1. The van der Waals surface area contributed by atoms with Gasteiger partial charge in [0.2, 0.25) is 0 Å². The van der Waals surface area contributed by atoms with Gasteiger partial charge in [-0.1, -0.05) is 0 Å². The molecule has 5 nitrogen and oxygen atoms in total. The van der Waals surface area contributed by atoms with Crippen molar-refractivity contribution in [1.82, 2.24) is 10.2 Å². The first-order chi connectivity index (χ1) is 11.3. The third-order valence-corrected chi connectivity index (χ3v) is 5.09. The number of ether oxygens (including phenoxy) is 2. The normalized spacial score (nSPS) is 25.9. The number of hydrogen-bond donors (Lipinski definition) is 1. The second kappa shape index (κ2) is 9.04. The molecule has 2 rings (SSSR count). The van der Waals surface area contributed by atoms with E-state index in [9.17, 15) is 4.79 Å². The van der Waals surface area contributed by atoms with E-state index in [-0.39, 0.29) is 12.1 Å². The van der Waals surface area contributed by atoms with Crippen LogP contribution in [0.3, 0.4) is 0 Å². The van der Waals surface area contributed by atoms with E-state index >= 15 is 0 Å². The SMILES string of the molecule is CN(CCC1CCOCC1)C[C@@H]1CC[C@H](NC(=O)OC(C)(C)C)C1. The second-order valence-corrected chi connectivity index (χ2v) is 8.63. The van der Waals surface area contributed by atoms with Crippen molar-refractivity contribution in [3.05, 3.63) is 0 Å². The Morgan fingerprint density at radius 3 is 2.54 bits per heavy atom. The second-order valence-electron chi connectivity index (χ2n) is 8.63. The molecule has 24 heavy (non-hydrogen) atoms. The Bertz CT molecular complexity index is 389. The lowest BCUT2D eigenvalue weighted by molar-refractivity contribution is 0.0503. The first-order valence-corrected chi connectivity index (χ1v) is 9.57. The molecule has 1 amide bonds. The van der Waals surface area contributed by atoms with Crippen LogP contribution in [0, 0.1) is 11.8 Å². The summed E-state index contributed by atoms with van der Waals surface area (Å²) in [5, 5.41) is 3.03. The molecule has 140 valence electrons. The maximum atomic E-state index is 11.9. The minimum Gasteiger partial charge on any atom is -0.444 e. The average molecular weight is 341 g/mol. The first kappa shape index (κ1) is 19.5. The van der Waals surface area contributed by atoms with Crippen LogP contribution < -0.4 is 5.32 Å². The molecule has 1 aliphatic heterocycles. The van der Waals surface area contributed by atoms with Crippen molar-refractivity contribution >= 4 is 6.09 Å². The fourth-order valence-electron chi connectivity index (χ4n) is 3.82. The number of alkyl carbamates (subject to hydrolysis) is 1. The van der Waals surface area contributed by atoms with Crippen molar-refractivity contribution in [3.63, 3.8) is 0 Å². The molecule has 1 heterocycles. The van der Waals surface area contributed by atoms with Gasteiger partial charge in [0.25, 0.3) is 0 Å². The molecule has 1 saturated heterocycles. The van der Waals surface area contributed by atoms with Crippen molar-refractivity contribution in [2.24, 2.45) is 11.8 Å². The minimum absolute atomic E-state index is 0.272. The highest BCUT2D eigenvalue weighted by Gasteiger charge is 2.28. The number of hydrogen-bond acceptors (Lipinski definition) is 4. The summed E-state index contributed by atoms with van der Waals surface area (Å²) in [7, 11) is 2.23. The van der Waals surface area contributed by atoms with Gasteiger partial charge in [-0.25, -0.2) is 4.79 Å². The Morgan fingerprint density at radius 1 is 1.17 bits per heavy atom. The van der Waals surface area contributed by atoms with E-state index in [0.29, 0.717) is 5.92 Å². The van der Waals surface area contributed by atoms with Crippen LogP contribution in [-0.2, 0) is 9.47 Å². The summed E-state index contributed by atoms with van der Waals surface area (Å²) in [6, 6.07) is 0.272. The molecule has 0 aromatic heterocycles. The molecule has 2 aliphatic rings. The molecular formula is C19H36N2O3. The molecule has 1 aliphatic carbocycles. The molecule has 5 heteroatoms. The molecule has 0 spiro atoms.